The molecule has 0 fully saturated rings. The fraction of sp³-hybridized carbons (Fsp3) is 0.462. The first-order valence-corrected chi connectivity index (χ1v) is 8.04. The van der Waals surface area contributed by atoms with E-state index in [1.165, 1.54) is 4.90 Å². The minimum absolute atomic E-state index is 0.417. The molecule has 0 radical (unpaired) electrons. The lowest BCUT2D eigenvalue weighted by molar-refractivity contribution is -0.137. The molecule has 1 N–H and O–H groups in total. The van der Waals surface area contributed by atoms with Crippen molar-refractivity contribution < 1.29 is 26.4 Å². The Morgan fingerprint density at radius 2 is 1.82 bits per heavy atom. The van der Waals surface area contributed by atoms with Crippen LogP contribution in [0.25, 0.3) is 0 Å². The standard InChI is InChI=1S/C13H17F3N2O3S/c1-3-18(4-2)12(19)9-17-22(20,21)11-7-5-6-10(8-11)13(14,15)16/h5-8,17H,3-4,9H2,1-2H3. The van der Waals surface area contributed by atoms with E-state index < -0.39 is 39.1 Å². The summed E-state index contributed by atoms with van der Waals surface area (Å²) >= 11 is 0. The first-order chi connectivity index (χ1) is 10.1. The van der Waals surface area contributed by atoms with Crippen LogP contribution in [0.15, 0.2) is 29.2 Å². The van der Waals surface area contributed by atoms with E-state index in [4.69, 9.17) is 0 Å². The van der Waals surface area contributed by atoms with Crippen LogP contribution in [0.3, 0.4) is 0 Å². The summed E-state index contributed by atoms with van der Waals surface area (Å²) in [5.74, 6) is -0.444. The second-order valence-corrected chi connectivity index (χ2v) is 6.18. The van der Waals surface area contributed by atoms with Crippen LogP contribution in [0.4, 0.5) is 13.2 Å². The highest BCUT2D eigenvalue weighted by molar-refractivity contribution is 7.89. The molecule has 0 aliphatic heterocycles. The predicted molar refractivity (Wildman–Crippen MR) is 74.6 cm³/mol. The van der Waals surface area contributed by atoms with Gasteiger partial charge in [-0.05, 0) is 32.0 Å². The number of nitrogens with one attached hydrogen (secondary N) is 1. The summed E-state index contributed by atoms with van der Waals surface area (Å²) in [4.78, 5) is 12.6. The molecule has 22 heavy (non-hydrogen) atoms. The Bertz CT molecular complexity index is 626. The van der Waals surface area contributed by atoms with Crippen molar-refractivity contribution >= 4 is 15.9 Å². The maximum atomic E-state index is 12.6. The molecule has 0 atom stereocenters. The number of rotatable bonds is 6. The second-order valence-electron chi connectivity index (χ2n) is 4.42. The molecule has 0 aliphatic carbocycles. The number of nitrogens with zero attached hydrogens (tertiary/aromatic N) is 1. The molecule has 0 bridgehead atoms. The molecule has 5 nitrogen and oxygen atoms in total. The first-order valence-electron chi connectivity index (χ1n) is 6.56. The van der Waals surface area contributed by atoms with Crippen LogP contribution in [-0.2, 0) is 21.0 Å². The van der Waals surface area contributed by atoms with Crippen LogP contribution in [0.2, 0.25) is 0 Å². The van der Waals surface area contributed by atoms with Gasteiger partial charge in [0.15, 0.2) is 0 Å². The average molecular weight is 338 g/mol. The fourth-order valence-electron chi connectivity index (χ4n) is 1.77. The van der Waals surface area contributed by atoms with Crippen LogP contribution in [0, 0.1) is 0 Å². The number of alkyl halides is 3. The lowest BCUT2D eigenvalue weighted by Gasteiger charge is -2.18. The molecule has 0 aromatic heterocycles. The Hall–Kier alpha value is -1.61. The molecule has 1 aromatic carbocycles. The molecule has 124 valence electrons. The molecule has 0 saturated carbocycles. The summed E-state index contributed by atoms with van der Waals surface area (Å²) in [6.07, 6.45) is -4.64. The van der Waals surface area contributed by atoms with Crippen molar-refractivity contribution in [3.8, 4) is 0 Å². The summed E-state index contributed by atoms with van der Waals surface area (Å²) in [6, 6.07) is 3.35. The number of benzene rings is 1. The number of carbonyl (C=O) groups excluding carboxylic acids is 1. The van der Waals surface area contributed by atoms with Gasteiger partial charge in [-0.2, -0.15) is 13.2 Å². The van der Waals surface area contributed by atoms with Gasteiger partial charge in [-0.15, -0.1) is 0 Å². The molecule has 1 aromatic rings. The summed E-state index contributed by atoms with van der Waals surface area (Å²) in [6.45, 7) is 3.81. The Morgan fingerprint density at radius 3 is 2.32 bits per heavy atom. The first kappa shape index (κ1) is 18.4. The van der Waals surface area contributed by atoms with Gasteiger partial charge in [0, 0.05) is 13.1 Å². The van der Waals surface area contributed by atoms with Crippen molar-refractivity contribution in [3.05, 3.63) is 29.8 Å². The minimum Gasteiger partial charge on any atom is -0.342 e. The smallest absolute Gasteiger partial charge is 0.342 e. The molecular formula is C13H17F3N2O3S. The highest BCUT2D eigenvalue weighted by Gasteiger charge is 2.31. The van der Waals surface area contributed by atoms with E-state index in [9.17, 15) is 26.4 Å². The molecule has 1 amide bonds. The zero-order valence-corrected chi connectivity index (χ0v) is 13.0. The van der Waals surface area contributed by atoms with Crippen LogP contribution >= 0.6 is 0 Å². The predicted octanol–water partition coefficient (Wildman–Crippen LogP) is 1.85. The van der Waals surface area contributed by atoms with Gasteiger partial charge in [0.25, 0.3) is 0 Å². The largest absolute Gasteiger partial charge is 0.416 e. The molecule has 0 aliphatic rings. The number of carbonyl (C=O) groups is 1. The highest BCUT2D eigenvalue weighted by atomic mass is 32.2. The lowest BCUT2D eigenvalue weighted by atomic mass is 10.2. The summed E-state index contributed by atoms with van der Waals surface area (Å²) in [5.41, 5.74) is -1.06. The van der Waals surface area contributed by atoms with E-state index in [1.807, 2.05) is 4.72 Å². The Balaban J connectivity index is 2.90. The number of amides is 1. The topological polar surface area (TPSA) is 66.5 Å². The fourth-order valence-corrected chi connectivity index (χ4v) is 2.79. The number of hydrogen-bond acceptors (Lipinski definition) is 3. The van der Waals surface area contributed by atoms with Crippen molar-refractivity contribution in [2.45, 2.75) is 24.9 Å². The maximum absolute atomic E-state index is 12.6. The summed E-state index contributed by atoms with van der Waals surface area (Å²) in [7, 11) is -4.19. The van der Waals surface area contributed by atoms with E-state index >= 15 is 0 Å². The number of halogens is 3. The molecule has 0 unspecified atom stereocenters. The van der Waals surface area contributed by atoms with Crippen molar-refractivity contribution in [1.82, 2.24) is 9.62 Å². The van der Waals surface area contributed by atoms with Crippen molar-refractivity contribution in [3.63, 3.8) is 0 Å². The minimum atomic E-state index is -4.64. The Morgan fingerprint density at radius 1 is 1.23 bits per heavy atom. The quantitative estimate of drug-likeness (QED) is 0.861. The lowest BCUT2D eigenvalue weighted by Crippen LogP contribution is -2.40. The van der Waals surface area contributed by atoms with Gasteiger partial charge in [0.05, 0.1) is 17.0 Å². The zero-order valence-electron chi connectivity index (χ0n) is 12.1. The molecular weight excluding hydrogens is 321 g/mol. The Labute approximate surface area is 127 Å². The van der Waals surface area contributed by atoms with Crippen molar-refractivity contribution in [2.24, 2.45) is 0 Å². The van der Waals surface area contributed by atoms with Gasteiger partial charge in [-0.25, -0.2) is 13.1 Å². The number of hydrogen-bond donors (Lipinski definition) is 1. The third-order valence-electron chi connectivity index (χ3n) is 3.00. The highest BCUT2D eigenvalue weighted by Crippen LogP contribution is 2.30. The molecule has 9 heteroatoms. The van der Waals surface area contributed by atoms with Crippen molar-refractivity contribution in [1.29, 1.82) is 0 Å². The maximum Gasteiger partial charge on any atom is 0.416 e. The van der Waals surface area contributed by atoms with Gasteiger partial charge in [0.2, 0.25) is 15.9 Å². The van der Waals surface area contributed by atoms with E-state index in [0.717, 1.165) is 18.2 Å². The normalized spacial score (nSPS) is 12.2. The van der Waals surface area contributed by atoms with Gasteiger partial charge >= 0.3 is 6.18 Å². The Kier molecular flexibility index (Phi) is 5.95. The van der Waals surface area contributed by atoms with Crippen LogP contribution in [-0.4, -0.2) is 38.9 Å². The van der Waals surface area contributed by atoms with E-state index in [-0.39, 0.29) is 0 Å². The van der Waals surface area contributed by atoms with Gasteiger partial charge < -0.3 is 4.90 Å². The van der Waals surface area contributed by atoms with Gasteiger partial charge in [-0.3, -0.25) is 4.79 Å². The number of sulfonamides is 1. The van der Waals surface area contributed by atoms with E-state index in [2.05, 4.69) is 0 Å². The molecule has 1 rings (SSSR count). The third kappa shape index (κ3) is 4.70. The van der Waals surface area contributed by atoms with Gasteiger partial charge in [0.1, 0.15) is 0 Å². The average Bonchev–Trinajstić information content (AvgIpc) is 2.46. The van der Waals surface area contributed by atoms with Crippen LogP contribution < -0.4 is 4.72 Å². The summed E-state index contributed by atoms with van der Waals surface area (Å²) < 4.78 is 63.7. The molecule has 0 heterocycles. The monoisotopic (exact) mass is 338 g/mol. The molecule has 0 spiro atoms. The number of likely N-dealkylation sites (N-methyl/N-ethyl adjacent to an activating group) is 1. The SMILES string of the molecule is CCN(CC)C(=O)CNS(=O)(=O)c1cccc(C(F)(F)F)c1. The van der Waals surface area contributed by atoms with E-state index in [0.29, 0.717) is 19.2 Å². The van der Waals surface area contributed by atoms with Crippen LogP contribution in [0.1, 0.15) is 19.4 Å². The zero-order chi connectivity index (χ0) is 17.0. The van der Waals surface area contributed by atoms with E-state index in [1.54, 1.807) is 13.8 Å². The van der Waals surface area contributed by atoms with Gasteiger partial charge in [-0.1, -0.05) is 6.07 Å². The second kappa shape index (κ2) is 7.10. The van der Waals surface area contributed by atoms with Crippen LogP contribution in [0.5, 0.6) is 0 Å². The third-order valence-corrected chi connectivity index (χ3v) is 4.40. The molecule has 0 saturated heterocycles. The summed E-state index contributed by atoms with van der Waals surface area (Å²) in [5, 5.41) is 0. The van der Waals surface area contributed by atoms with Crippen molar-refractivity contribution in [2.75, 3.05) is 19.6 Å².